The third kappa shape index (κ3) is 21.0. The fraction of sp³-hybridized carbons (Fsp3) is 0.647. The van der Waals surface area contributed by atoms with E-state index in [9.17, 15) is 72.9 Å². The smallest absolute Gasteiger partial charge is 0.303 e. The number of carboxylic acids is 2. The molecule has 0 aliphatic carbocycles. The van der Waals surface area contributed by atoms with Crippen molar-refractivity contribution in [3.63, 3.8) is 0 Å². The van der Waals surface area contributed by atoms with Gasteiger partial charge in [0, 0.05) is 32.1 Å². The molecule has 1 fully saturated rings. The molecule has 14 N–H and O–H groups in total. The Kier molecular flexibility index (Phi) is 24.6. The minimum absolute atomic E-state index is 0.0176. The van der Waals surface area contributed by atoms with Crippen molar-refractivity contribution in [3.8, 4) is 0 Å². The number of carbonyl (C=O) groups excluding carboxylic acids is 10. The number of aliphatic carboxylic acids is 2. The van der Waals surface area contributed by atoms with Gasteiger partial charge < -0.3 is 68.9 Å². The van der Waals surface area contributed by atoms with Crippen molar-refractivity contribution in [2.24, 2.45) is 11.5 Å². The van der Waals surface area contributed by atoms with Crippen LogP contribution in [-0.2, 0) is 57.5 Å². The van der Waals surface area contributed by atoms with Gasteiger partial charge in [-0.25, -0.2) is 0 Å². The van der Waals surface area contributed by atoms with Crippen molar-refractivity contribution >= 4 is 93.7 Å². The first-order valence-corrected chi connectivity index (χ1v) is 21.1. The first-order chi connectivity index (χ1) is 28.7. The Balaban J connectivity index is 2.94. The first-order valence-electron chi connectivity index (χ1n) is 18.7. The van der Waals surface area contributed by atoms with Crippen LogP contribution >= 0.6 is 23.5 Å². The molecule has 0 spiro atoms. The summed E-state index contributed by atoms with van der Waals surface area (Å²) >= 11 is 2.17. The maximum absolute atomic E-state index is 13.6. The number of hydrogen-bond acceptors (Lipinski definition) is 16. The lowest BCUT2D eigenvalue weighted by atomic mass is 10.1. The molecule has 6 atom stereocenters. The van der Waals surface area contributed by atoms with E-state index in [-0.39, 0.29) is 23.8 Å². The van der Waals surface area contributed by atoms with Gasteiger partial charge in [0.15, 0.2) is 5.12 Å². The molecule has 1 aliphatic rings. The van der Waals surface area contributed by atoms with Crippen LogP contribution in [0.3, 0.4) is 0 Å². The molecule has 9 amide bonds. The lowest BCUT2D eigenvalue weighted by molar-refractivity contribution is -0.142. The Morgan fingerprint density at radius 2 is 1.18 bits per heavy atom. The molecule has 0 aromatic heterocycles. The molecule has 1 rings (SSSR count). The number of nitrogens with two attached hydrogens (primary N) is 2. The average molecular weight is 907 g/mol. The SMILES string of the molecule is CSCC[C@H](NC(=O)[C@H](CCC(=O)O)NC(=O)[C@H](CCC(=O)O)NC(=O)[C@H](CO)NC(=O)CNC(=O)CNC(=O)CNC(=O)[C@@H](N)CSC(C)=O)C(=O)N1CCC[C@H]1C(N)=O. The number of likely N-dealkylation sites (tertiary alicyclic amines) is 1. The van der Waals surface area contributed by atoms with E-state index in [1.807, 2.05) is 0 Å². The number of nitrogens with zero attached hydrogens (tertiary/aromatic N) is 1. The van der Waals surface area contributed by atoms with Crippen molar-refractivity contribution < 1.29 is 72.9 Å². The summed E-state index contributed by atoms with van der Waals surface area (Å²) in [5, 5.41) is 43.8. The number of carbonyl (C=O) groups is 12. The lowest BCUT2D eigenvalue weighted by Crippen LogP contribution is -2.59. The van der Waals surface area contributed by atoms with Crippen molar-refractivity contribution in [1.29, 1.82) is 0 Å². The zero-order valence-electron chi connectivity index (χ0n) is 33.5. The van der Waals surface area contributed by atoms with Crippen molar-refractivity contribution in [2.45, 2.75) is 88.1 Å². The summed E-state index contributed by atoms with van der Waals surface area (Å²) in [5.41, 5.74) is 11.1. The molecule has 342 valence electrons. The fourth-order valence-corrected chi connectivity index (χ4v) is 6.45. The Bertz CT molecular complexity index is 1640. The first kappa shape index (κ1) is 53.5. The Morgan fingerprint density at radius 1 is 0.689 bits per heavy atom. The average Bonchev–Trinajstić information content (AvgIpc) is 3.71. The Hall–Kier alpha value is -5.54. The normalized spacial score (nSPS) is 15.7. The number of amides is 9. The van der Waals surface area contributed by atoms with Crippen LogP contribution in [-0.4, -0.2) is 177 Å². The zero-order chi connectivity index (χ0) is 46.2. The van der Waals surface area contributed by atoms with E-state index in [1.54, 1.807) is 6.26 Å². The summed E-state index contributed by atoms with van der Waals surface area (Å²) in [6.45, 7) is -1.55. The molecule has 0 bridgehead atoms. The van der Waals surface area contributed by atoms with Gasteiger partial charge in [-0.15, -0.1) is 0 Å². The number of nitrogens with one attached hydrogen (secondary N) is 7. The third-order valence-electron chi connectivity index (χ3n) is 8.60. The summed E-state index contributed by atoms with van der Waals surface area (Å²) in [6, 6.07) is -8.32. The van der Waals surface area contributed by atoms with Gasteiger partial charge in [0.1, 0.15) is 30.2 Å². The maximum Gasteiger partial charge on any atom is 0.303 e. The molecular weight excluding hydrogens is 853 g/mol. The van der Waals surface area contributed by atoms with Gasteiger partial charge in [-0.1, -0.05) is 11.8 Å². The minimum Gasteiger partial charge on any atom is -0.481 e. The number of carboxylic acid groups (broad SMARTS) is 2. The lowest BCUT2D eigenvalue weighted by Gasteiger charge is -2.29. The second kappa shape index (κ2) is 28.1. The summed E-state index contributed by atoms with van der Waals surface area (Å²) < 4.78 is 0. The summed E-state index contributed by atoms with van der Waals surface area (Å²) in [6.07, 6.45) is 0.179. The predicted molar refractivity (Wildman–Crippen MR) is 216 cm³/mol. The number of aliphatic hydroxyl groups excluding tert-OH is 1. The molecule has 0 radical (unpaired) electrons. The molecule has 0 unspecified atom stereocenters. The van der Waals surface area contributed by atoms with Gasteiger partial charge in [-0.05, 0) is 44.1 Å². The van der Waals surface area contributed by atoms with Gasteiger partial charge in [0.25, 0.3) is 0 Å². The standard InChI is InChI=1S/C34H54N10O15S2/c1-17(46)61-16-18(35)30(55)39-13-25(48)37-12-24(47)38-14-26(49)40-22(15-45)33(58)42-19(5-7-27(50)51)31(56)41-20(6-8-28(52)53)32(57)43-21(9-11-60-2)34(59)44-10-3-4-23(44)29(36)54/h18-23,45H,3-16,35H2,1-2H3,(H2,36,54)(H,37,48)(H,38,47)(H,39,55)(H,40,49)(H,41,56)(H,42,58)(H,43,57)(H,50,51)(H,52,53)/t18-,19-,20-,21-,22-,23-/m0/s1. The van der Waals surface area contributed by atoms with Gasteiger partial charge in [-0.3, -0.25) is 57.5 Å². The second-order valence-electron chi connectivity index (χ2n) is 13.4. The van der Waals surface area contributed by atoms with E-state index in [0.29, 0.717) is 18.6 Å². The third-order valence-corrected chi connectivity index (χ3v) is 10.2. The number of primary amides is 1. The molecular formula is C34H54N10O15S2. The number of thioether (sulfide) groups is 2. The summed E-state index contributed by atoms with van der Waals surface area (Å²) in [5.74, 6) is -10.5. The number of aliphatic hydroxyl groups is 1. The molecule has 0 aromatic carbocycles. The molecule has 0 saturated carbocycles. The fourth-order valence-electron chi connectivity index (χ4n) is 5.41. The molecule has 61 heavy (non-hydrogen) atoms. The van der Waals surface area contributed by atoms with E-state index in [4.69, 9.17) is 11.5 Å². The minimum atomic E-state index is -1.77. The van der Waals surface area contributed by atoms with Gasteiger partial charge in [-0.2, -0.15) is 11.8 Å². The quantitative estimate of drug-likeness (QED) is 0.0347. The number of hydrogen-bond donors (Lipinski definition) is 12. The van der Waals surface area contributed by atoms with Crippen LogP contribution in [0, 0.1) is 0 Å². The van der Waals surface area contributed by atoms with E-state index in [2.05, 4.69) is 37.2 Å². The highest BCUT2D eigenvalue weighted by Gasteiger charge is 2.38. The van der Waals surface area contributed by atoms with Crippen molar-refractivity contribution in [3.05, 3.63) is 0 Å². The monoisotopic (exact) mass is 906 g/mol. The van der Waals surface area contributed by atoms with Crippen LogP contribution in [0.5, 0.6) is 0 Å². The Morgan fingerprint density at radius 3 is 1.66 bits per heavy atom. The topological polar surface area (TPSA) is 405 Å². The van der Waals surface area contributed by atoms with Crippen LogP contribution in [0.4, 0.5) is 0 Å². The summed E-state index contributed by atoms with van der Waals surface area (Å²) in [7, 11) is 0. The maximum atomic E-state index is 13.6. The van der Waals surface area contributed by atoms with E-state index in [1.165, 1.54) is 23.6 Å². The van der Waals surface area contributed by atoms with Crippen LogP contribution in [0.1, 0.15) is 51.9 Å². The number of rotatable bonds is 28. The van der Waals surface area contributed by atoms with E-state index < -0.39 is 153 Å². The molecule has 0 aromatic rings. The van der Waals surface area contributed by atoms with Crippen LogP contribution < -0.4 is 48.7 Å². The van der Waals surface area contributed by atoms with Crippen molar-refractivity contribution in [1.82, 2.24) is 42.1 Å². The highest BCUT2D eigenvalue weighted by molar-refractivity contribution is 8.13. The molecule has 1 saturated heterocycles. The van der Waals surface area contributed by atoms with Gasteiger partial charge >= 0.3 is 11.9 Å². The predicted octanol–water partition coefficient (Wildman–Crippen LogP) is -6.17. The van der Waals surface area contributed by atoms with Crippen LogP contribution in [0.2, 0.25) is 0 Å². The highest BCUT2D eigenvalue weighted by atomic mass is 32.2. The largest absolute Gasteiger partial charge is 0.481 e. The zero-order valence-corrected chi connectivity index (χ0v) is 35.2. The van der Waals surface area contributed by atoms with Gasteiger partial charge in [0.2, 0.25) is 53.2 Å². The molecule has 1 heterocycles. The second-order valence-corrected chi connectivity index (χ2v) is 15.6. The van der Waals surface area contributed by atoms with E-state index >= 15 is 0 Å². The van der Waals surface area contributed by atoms with E-state index in [0.717, 1.165) is 11.8 Å². The Labute approximate surface area is 358 Å². The molecule has 25 nitrogen and oxygen atoms in total. The summed E-state index contributed by atoms with van der Waals surface area (Å²) in [4.78, 5) is 149. The van der Waals surface area contributed by atoms with Crippen LogP contribution in [0.25, 0.3) is 0 Å². The molecule has 27 heteroatoms. The van der Waals surface area contributed by atoms with Crippen LogP contribution in [0.15, 0.2) is 0 Å². The van der Waals surface area contributed by atoms with Gasteiger partial charge in [0.05, 0.1) is 32.3 Å². The highest BCUT2D eigenvalue weighted by Crippen LogP contribution is 2.19. The van der Waals surface area contributed by atoms with Crippen molar-refractivity contribution in [2.75, 3.05) is 50.5 Å². The molecule has 1 aliphatic heterocycles.